The number of hydrazine groups is 1. The summed E-state index contributed by atoms with van der Waals surface area (Å²) in [7, 11) is 0. The van der Waals surface area contributed by atoms with Crippen LogP contribution in [0.5, 0.6) is 0 Å². The number of carbonyl (C=O) groups excluding carboxylic acids is 1. The van der Waals surface area contributed by atoms with E-state index in [0.717, 1.165) is 38.0 Å². The van der Waals surface area contributed by atoms with Gasteiger partial charge >= 0.3 is 5.91 Å². The molecule has 0 unspecified atom stereocenters. The molecule has 0 spiro atoms. The van der Waals surface area contributed by atoms with Crippen LogP contribution < -0.4 is 11.3 Å². The third-order valence-corrected chi connectivity index (χ3v) is 3.52. The normalized spacial score (nSPS) is 11.6. The molecule has 5 heteroatoms. The van der Waals surface area contributed by atoms with E-state index < -0.39 is 0 Å². The van der Waals surface area contributed by atoms with E-state index in [1.807, 2.05) is 6.07 Å². The molecule has 0 radical (unpaired) electrons. The SMILES string of the molecule is CC(C)CCN(CCC(C)C)Cc1ccoc1C(=O)NN. The Bertz CT molecular complexity index is 415. The zero-order valence-corrected chi connectivity index (χ0v) is 13.7. The average Bonchev–Trinajstić information content (AvgIpc) is 2.88. The van der Waals surface area contributed by atoms with Crippen molar-refractivity contribution in [1.29, 1.82) is 0 Å². The lowest BCUT2D eigenvalue weighted by atomic mass is 10.1. The molecule has 0 atom stereocenters. The molecular formula is C16H29N3O2. The Morgan fingerprint density at radius 3 is 2.29 bits per heavy atom. The van der Waals surface area contributed by atoms with Crippen molar-refractivity contribution < 1.29 is 9.21 Å². The van der Waals surface area contributed by atoms with Gasteiger partial charge in [0.25, 0.3) is 0 Å². The molecule has 0 bridgehead atoms. The third kappa shape index (κ3) is 6.31. The fourth-order valence-electron chi connectivity index (χ4n) is 2.12. The highest BCUT2D eigenvalue weighted by molar-refractivity contribution is 5.92. The van der Waals surface area contributed by atoms with Gasteiger partial charge in [0.2, 0.25) is 0 Å². The Morgan fingerprint density at radius 2 is 1.81 bits per heavy atom. The van der Waals surface area contributed by atoms with Gasteiger partial charge in [0.15, 0.2) is 5.76 Å². The van der Waals surface area contributed by atoms with Crippen molar-refractivity contribution >= 4 is 5.91 Å². The molecule has 0 aliphatic heterocycles. The molecule has 1 rings (SSSR count). The highest BCUT2D eigenvalue weighted by Gasteiger charge is 2.17. The molecule has 1 amide bonds. The fraction of sp³-hybridized carbons (Fsp3) is 0.688. The summed E-state index contributed by atoms with van der Waals surface area (Å²) in [4.78, 5) is 14.0. The molecule has 0 aromatic carbocycles. The van der Waals surface area contributed by atoms with Crippen molar-refractivity contribution in [3.63, 3.8) is 0 Å². The summed E-state index contributed by atoms with van der Waals surface area (Å²) in [5, 5.41) is 0. The molecule has 1 aromatic rings. The van der Waals surface area contributed by atoms with Gasteiger partial charge in [0.05, 0.1) is 6.26 Å². The van der Waals surface area contributed by atoms with Gasteiger partial charge < -0.3 is 4.42 Å². The molecule has 1 aromatic heterocycles. The summed E-state index contributed by atoms with van der Waals surface area (Å²) in [6.45, 7) is 11.7. The Kier molecular flexibility index (Phi) is 7.47. The van der Waals surface area contributed by atoms with E-state index in [1.54, 1.807) is 6.26 Å². The fourth-order valence-corrected chi connectivity index (χ4v) is 2.12. The predicted molar refractivity (Wildman–Crippen MR) is 84.5 cm³/mol. The van der Waals surface area contributed by atoms with E-state index in [0.29, 0.717) is 17.6 Å². The van der Waals surface area contributed by atoms with Crippen molar-refractivity contribution in [3.8, 4) is 0 Å². The summed E-state index contributed by atoms with van der Waals surface area (Å²) < 4.78 is 5.25. The average molecular weight is 295 g/mol. The van der Waals surface area contributed by atoms with Gasteiger partial charge in [-0.25, -0.2) is 5.84 Å². The standard InChI is InChI=1S/C16H29N3O2/c1-12(2)5-8-19(9-6-13(3)4)11-14-7-10-21-15(14)16(20)18-17/h7,10,12-13H,5-6,8-9,11,17H2,1-4H3,(H,18,20). The van der Waals surface area contributed by atoms with Gasteiger partial charge in [-0.2, -0.15) is 0 Å². The van der Waals surface area contributed by atoms with Gasteiger partial charge in [-0.05, 0) is 43.8 Å². The first-order chi connectivity index (χ1) is 9.93. The molecule has 3 N–H and O–H groups in total. The molecule has 0 saturated carbocycles. The third-order valence-electron chi connectivity index (χ3n) is 3.52. The zero-order valence-electron chi connectivity index (χ0n) is 13.7. The number of carbonyl (C=O) groups is 1. The summed E-state index contributed by atoms with van der Waals surface area (Å²) >= 11 is 0. The van der Waals surface area contributed by atoms with Crippen LogP contribution in [0.3, 0.4) is 0 Å². The highest BCUT2D eigenvalue weighted by atomic mass is 16.3. The van der Waals surface area contributed by atoms with Crippen LogP contribution in [0.25, 0.3) is 0 Å². The first-order valence-corrected chi connectivity index (χ1v) is 7.73. The van der Waals surface area contributed by atoms with Crippen molar-refractivity contribution in [3.05, 3.63) is 23.7 Å². The van der Waals surface area contributed by atoms with Gasteiger partial charge in [-0.15, -0.1) is 0 Å². The minimum atomic E-state index is -0.373. The van der Waals surface area contributed by atoms with Crippen molar-refractivity contribution in [2.24, 2.45) is 17.7 Å². The largest absolute Gasteiger partial charge is 0.459 e. The zero-order chi connectivity index (χ0) is 15.8. The molecule has 0 fully saturated rings. The number of nitrogens with one attached hydrogen (secondary N) is 1. The van der Waals surface area contributed by atoms with Gasteiger partial charge in [-0.3, -0.25) is 15.1 Å². The summed E-state index contributed by atoms with van der Waals surface area (Å²) in [5.74, 6) is 6.47. The smallest absolute Gasteiger partial charge is 0.301 e. The minimum absolute atomic E-state index is 0.316. The number of furan rings is 1. The van der Waals surface area contributed by atoms with Crippen LogP contribution in [0.15, 0.2) is 16.7 Å². The van der Waals surface area contributed by atoms with E-state index >= 15 is 0 Å². The second-order valence-corrected chi connectivity index (χ2v) is 6.39. The second kappa shape index (κ2) is 8.85. The Balaban J connectivity index is 2.70. The van der Waals surface area contributed by atoms with Crippen molar-refractivity contribution in [2.45, 2.75) is 47.1 Å². The van der Waals surface area contributed by atoms with Gasteiger partial charge in [0.1, 0.15) is 0 Å². The molecule has 21 heavy (non-hydrogen) atoms. The molecule has 5 nitrogen and oxygen atoms in total. The van der Waals surface area contributed by atoms with Gasteiger partial charge in [-0.1, -0.05) is 27.7 Å². The lowest BCUT2D eigenvalue weighted by Crippen LogP contribution is -2.32. The van der Waals surface area contributed by atoms with Crippen LogP contribution >= 0.6 is 0 Å². The van der Waals surface area contributed by atoms with E-state index in [1.165, 1.54) is 0 Å². The number of hydrogen-bond donors (Lipinski definition) is 2. The van der Waals surface area contributed by atoms with E-state index in [-0.39, 0.29) is 5.91 Å². The first kappa shape index (κ1) is 17.7. The van der Waals surface area contributed by atoms with Crippen molar-refractivity contribution in [1.82, 2.24) is 10.3 Å². The number of rotatable bonds is 9. The number of nitrogens with zero attached hydrogens (tertiary/aromatic N) is 1. The monoisotopic (exact) mass is 295 g/mol. The van der Waals surface area contributed by atoms with Crippen LogP contribution in [0, 0.1) is 11.8 Å². The van der Waals surface area contributed by atoms with Crippen molar-refractivity contribution in [2.75, 3.05) is 13.1 Å². The summed E-state index contributed by atoms with van der Waals surface area (Å²) in [6, 6.07) is 1.85. The quantitative estimate of drug-likeness (QED) is 0.417. The van der Waals surface area contributed by atoms with Crippen LogP contribution in [0.4, 0.5) is 0 Å². The molecule has 0 saturated heterocycles. The van der Waals surface area contributed by atoms with Crippen LogP contribution in [0.2, 0.25) is 0 Å². The number of hydrogen-bond acceptors (Lipinski definition) is 4. The molecule has 1 heterocycles. The van der Waals surface area contributed by atoms with Crippen LogP contribution in [0.1, 0.15) is 56.7 Å². The maximum absolute atomic E-state index is 11.7. The van der Waals surface area contributed by atoms with Crippen LogP contribution in [-0.4, -0.2) is 23.9 Å². The molecule has 0 aliphatic rings. The maximum Gasteiger partial charge on any atom is 0.301 e. The Morgan fingerprint density at radius 1 is 1.24 bits per heavy atom. The topological polar surface area (TPSA) is 71.5 Å². The molecule has 120 valence electrons. The van der Waals surface area contributed by atoms with Gasteiger partial charge in [0, 0.05) is 12.1 Å². The number of nitrogens with two attached hydrogens (primary N) is 1. The first-order valence-electron chi connectivity index (χ1n) is 7.73. The van der Waals surface area contributed by atoms with E-state index in [2.05, 4.69) is 38.0 Å². The second-order valence-electron chi connectivity index (χ2n) is 6.39. The number of amides is 1. The summed E-state index contributed by atoms with van der Waals surface area (Å²) in [6.07, 6.45) is 3.84. The highest BCUT2D eigenvalue weighted by Crippen LogP contribution is 2.15. The lowest BCUT2D eigenvalue weighted by molar-refractivity contribution is 0.0922. The lowest BCUT2D eigenvalue weighted by Gasteiger charge is -2.24. The maximum atomic E-state index is 11.7. The van der Waals surface area contributed by atoms with E-state index in [9.17, 15) is 4.79 Å². The number of nitrogen functional groups attached to an aromatic ring is 1. The molecular weight excluding hydrogens is 266 g/mol. The summed E-state index contributed by atoms with van der Waals surface area (Å²) in [5.41, 5.74) is 3.02. The Labute approximate surface area is 127 Å². The Hall–Kier alpha value is -1.33. The van der Waals surface area contributed by atoms with E-state index in [4.69, 9.17) is 10.3 Å². The molecule has 0 aliphatic carbocycles. The van der Waals surface area contributed by atoms with Crippen LogP contribution in [-0.2, 0) is 6.54 Å². The minimum Gasteiger partial charge on any atom is -0.459 e. The predicted octanol–water partition coefficient (Wildman–Crippen LogP) is 2.78.